The quantitative estimate of drug-likeness (QED) is 0.864. The van der Waals surface area contributed by atoms with Gasteiger partial charge in [-0.15, -0.1) is 5.10 Å². The molecule has 1 fully saturated rings. The molecule has 0 atom stereocenters. The summed E-state index contributed by atoms with van der Waals surface area (Å²) in [6.07, 6.45) is 3.89. The van der Waals surface area contributed by atoms with E-state index in [1.807, 2.05) is 0 Å². The van der Waals surface area contributed by atoms with Gasteiger partial charge >= 0.3 is 5.97 Å². The van der Waals surface area contributed by atoms with Gasteiger partial charge in [0.25, 0.3) is 0 Å². The van der Waals surface area contributed by atoms with Gasteiger partial charge in [0.15, 0.2) is 5.82 Å². The minimum absolute atomic E-state index is 0.336. The van der Waals surface area contributed by atoms with Crippen LogP contribution in [0.5, 0.6) is 0 Å². The van der Waals surface area contributed by atoms with Crippen LogP contribution in [-0.2, 0) is 10.3 Å². The molecule has 0 radical (unpaired) electrons. The Labute approximate surface area is 141 Å². The highest BCUT2D eigenvalue weighted by atomic mass is 16.5. The smallest absolute Gasteiger partial charge is 0.338 e. The number of nitrogens with two attached hydrogens (primary N) is 1. The van der Waals surface area contributed by atoms with Crippen LogP contribution in [0.15, 0.2) is 24.3 Å². The number of nitrogens with zero attached hydrogens (tertiary/aromatic N) is 4. The summed E-state index contributed by atoms with van der Waals surface area (Å²) in [6.45, 7) is 4.38. The van der Waals surface area contributed by atoms with E-state index in [4.69, 9.17) is 10.5 Å². The molecule has 0 unspecified atom stereocenters. The second kappa shape index (κ2) is 6.68. The van der Waals surface area contributed by atoms with Crippen molar-refractivity contribution in [3.05, 3.63) is 35.7 Å². The Bertz CT molecular complexity index is 702. The van der Waals surface area contributed by atoms with E-state index in [0.717, 1.165) is 31.4 Å². The van der Waals surface area contributed by atoms with E-state index in [-0.39, 0.29) is 5.97 Å². The zero-order valence-corrected chi connectivity index (χ0v) is 14.1. The van der Waals surface area contributed by atoms with Gasteiger partial charge in [0, 0.05) is 0 Å². The average Bonchev–Trinajstić information content (AvgIpc) is 3.09. The first-order valence-corrected chi connectivity index (χ1v) is 8.39. The first-order valence-electron chi connectivity index (χ1n) is 8.39. The van der Waals surface area contributed by atoms with Gasteiger partial charge < -0.3 is 10.5 Å². The Morgan fingerprint density at radius 3 is 2.62 bits per heavy atom. The Balaban J connectivity index is 1.86. The van der Waals surface area contributed by atoms with Crippen molar-refractivity contribution >= 4 is 5.97 Å². The standard InChI is InChI=1S/C17H23N5O2/c1-3-24-15(23)13-4-6-14(7-5-13)22-16(19-20-21-22)17(18)10-8-12(2)9-11-17/h4-7,12H,3,8-11,18H2,1-2H3. The first kappa shape index (κ1) is 16.6. The highest BCUT2D eigenvalue weighted by Crippen LogP contribution is 2.36. The summed E-state index contributed by atoms with van der Waals surface area (Å²) < 4.78 is 6.67. The maximum Gasteiger partial charge on any atom is 0.338 e. The van der Waals surface area contributed by atoms with E-state index in [0.29, 0.717) is 23.9 Å². The molecule has 7 nitrogen and oxygen atoms in total. The Kier molecular flexibility index (Phi) is 4.62. The van der Waals surface area contributed by atoms with Gasteiger partial charge in [-0.05, 0) is 73.2 Å². The van der Waals surface area contributed by atoms with Crippen LogP contribution < -0.4 is 5.73 Å². The second-order valence-electron chi connectivity index (χ2n) is 6.52. The number of hydrogen-bond acceptors (Lipinski definition) is 6. The maximum atomic E-state index is 11.7. The monoisotopic (exact) mass is 329 g/mol. The molecule has 0 bridgehead atoms. The summed E-state index contributed by atoms with van der Waals surface area (Å²) in [4.78, 5) is 11.7. The number of hydrogen-bond donors (Lipinski definition) is 1. The molecule has 2 N–H and O–H groups in total. The van der Waals surface area contributed by atoms with E-state index in [2.05, 4.69) is 22.4 Å². The molecular formula is C17H23N5O2. The van der Waals surface area contributed by atoms with E-state index in [1.165, 1.54) is 0 Å². The molecule has 0 amide bonds. The predicted octanol–water partition coefficient (Wildman–Crippen LogP) is 2.20. The van der Waals surface area contributed by atoms with Crippen LogP contribution >= 0.6 is 0 Å². The third-order valence-corrected chi connectivity index (χ3v) is 4.70. The third-order valence-electron chi connectivity index (χ3n) is 4.70. The van der Waals surface area contributed by atoms with Crippen molar-refractivity contribution in [3.63, 3.8) is 0 Å². The van der Waals surface area contributed by atoms with E-state index < -0.39 is 5.54 Å². The van der Waals surface area contributed by atoms with Crippen LogP contribution in [0.2, 0.25) is 0 Å². The lowest BCUT2D eigenvalue weighted by Gasteiger charge is -2.34. The van der Waals surface area contributed by atoms with Gasteiger partial charge in [0.05, 0.1) is 23.4 Å². The van der Waals surface area contributed by atoms with Gasteiger partial charge in [-0.25, -0.2) is 4.79 Å². The van der Waals surface area contributed by atoms with Crippen LogP contribution in [0.1, 0.15) is 55.7 Å². The Hall–Kier alpha value is -2.28. The second-order valence-corrected chi connectivity index (χ2v) is 6.52. The van der Waals surface area contributed by atoms with Crippen molar-refractivity contribution in [3.8, 4) is 5.69 Å². The molecule has 1 aromatic heterocycles. The molecule has 1 heterocycles. The van der Waals surface area contributed by atoms with Crippen molar-refractivity contribution in [2.24, 2.45) is 11.7 Å². The lowest BCUT2D eigenvalue weighted by atomic mass is 9.77. The van der Waals surface area contributed by atoms with E-state index in [9.17, 15) is 4.79 Å². The zero-order chi connectivity index (χ0) is 17.2. The van der Waals surface area contributed by atoms with Gasteiger partial charge in [-0.3, -0.25) is 0 Å². The van der Waals surface area contributed by atoms with Gasteiger partial charge in [-0.1, -0.05) is 6.92 Å². The third kappa shape index (κ3) is 3.17. The van der Waals surface area contributed by atoms with E-state index >= 15 is 0 Å². The zero-order valence-electron chi connectivity index (χ0n) is 14.1. The fourth-order valence-electron chi connectivity index (χ4n) is 3.13. The number of carbonyl (C=O) groups excluding carboxylic acids is 1. The Morgan fingerprint density at radius 2 is 2.00 bits per heavy atom. The fraction of sp³-hybridized carbons (Fsp3) is 0.529. The highest BCUT2D eigenvalue weighted by molar-refractivity contribution is 5.89. The predicted molar refractivity (Wildman–Crippen MR) is 88.6 cm³/mol. The molecule has 24 heavy (non-hydrogen) atoms. The lowest BCUT2D eigenvalue weighted by Crippen LogP contribution is -2.42. The molecule has 7 heteroatoms. The number of aromatic nitrogens is 4. The largest absolute Gasteiger partial charge is 0.462 e. The Morgan fingerprint density at radius 1 is 1.33 bits per heavy atom. The molecular weight excluding hydrogens is 306 g/mol. The summed E-state index contributed by atoms with van der Waals surface area (Å²) in [5.74, 6) is 1.03. The molecule has 1 aliphatic rings. The minimum atomic E-state index is -0.504. The van der Waals surface area contributed by atoms with Crippen molar-refractivity contribution in [1.29, 1.82) is 0 Å². The average molecular weight is 329 g/mol. The fourth-order valence-corrected chi connectivity index (χ4v) is 3.13. The van der Waals surface area contributed by atoms with Crippen LogP contribution in [0.4, 0.5) is 0 Å². The molecule has 0 aliphatic heterocycles. The van der Waals surface area contributed by atoms with Crippen molar-refractivity contribution < 1.29 is 9.53 Å². The van der Waals surface area contributed by atoms with Crippen molar-refractivity contribution in [2.75, 3.05) is 6.61 Å². The number of esters is 1. The van der Waals surface area contributed by atoms with Crippen LogP contribution in [0.3, 0.4) is 0 Å². The maximum absolute atomic E-state index is 11.7. The first-order chi connectivity index (χ1) is 11.5. The number of tetrazole rings is 1. The van der Waals surface area contributed by atoms with Crippen LogP contribution in [-0.4, -0.2) is 32.8 Å². The number of rotatable bonds is 4. The molecule has 1 aromatic carbocycles. The molecule has 128 valence electrons. The lowest BCUT2D eigenvalue weighted by molar-refractivity contribution is 0.0526. The normalized spacial score (nSPS) is 23.9. The van der Waals surface area contributed by atoms with Gasteiger partial charge in [-0.2, -0.15) is 4.68 Å². The summed E-state index contributed by atoms with van der Waals surface area (Å²) in [5, 5.41) is 12.1. The minimum Gasteiger partial charge on any atom is -0.462 e. The van der Waals surface area contributed by atoms with Crippen LogP contribution in [0.25, 0.3) is 5.69 Å². The molecule has 3 rings (SSSR count). The van der Waals surface area contributed by atoms with Crippen LogP contribution in [0, 0.1) is 5.92 Å². The molecule has 1 saturated carbocycles. The molecule has 2 aromatic rings. The topological polar surface area (TPSA) is 95.9 Å². The highest BCUT2D eigenvalue weighted by Gasteiger charge is 2.37. The summed E-state index contributed by atoms with van der Waals surface area (Å²) in [7, 11) is 0. The summed E-state index contributed by atoms with van der Waals surface area (Å²) in [5.41, 5.74) is 7.39. The number of benzene rings is 1. The summed E-state index contributed by atoms with van der Waals surface area (Å²) >= 11 is 0. The molecule has 0 saturated heterocycles. The van der Waals surface area contributed by atoms with E-state index in [1.54, 1.807) is 35.9 Å². The number of ether oxygens (including phenoxy) is 1. The molecule has 1 aliphatic carbocycles. The SMILES string of the molecule is CCOC(=O)c1ccc(-n2nnnc2C2(N)CCC(C)CC2)cc1. The number of carbonyl (C=O) groups is 1. The van der Waals surface area contributed by atoms with Crippen molar-refractivity contribution in [1.82, 2.24) is 20.2 Å². The van der Waals surface area contributed by atoms with Gasteiger partial charge in [0.1, 0.15) is 0 Å². The summed E-state index contributed by atoms with van der Waals surface area (Å²) in [6, 6.07) is 7.04. The van der Waals surface area contributed by atoms with Crippen molar-refractivity contribution in [2.45, 2.75) is 45.1 Å². The van der Waals surface area contributed by atoms with Gasteiger partial charge in [0.2, 0.25) is 0 Å². The molecule has 0 spiro atoms.